The van der Waals surface area contributed by atoms with E-state index in [2.05, 4.69) is 0 Å². The fraction of sp³-hybridized carbons (Fsp3) is 0.533. The molecule has 0 spiro atoms. The highest BCUT2D eigenvalue weighted by atomic mass is 16.5. The molecule has 1 aliphatic heterocycles. The smallest absolute Gasteiger partial charge is 0.310 e. The van der Waals surface area contributed by atoms with Crippen molar-refractivity contribution in [2.75, 3.05) is 19.8 Å². The number of hydrogen-bond donors (Lipinski definition) is 1. The molecule has 19 heavy (non-hydrogen) atoms. The van der Waals surface area contributed by atoms with Crippen LogP contribution in [0.5, 0.6) is 5.75 Å². The van der Waals surface area contributed by atoms with E-state index in [1.54, 1.807) is 13.8 Å². The van der Waals surface area contributed by atoms with Crippen molar-refractivity contribution in [2.24, 2.45) is 5.41 Å². The van der Waals surface area contributed by atoms with Crippen LogP contribution in [0.25, 0.3) is 0 Å². The standard InChI is InChI=1S/C15H20O4/c1-4-19-12-7-5-6-11(8-12)15(9-18-10-15)14(2,3)13(16)17/h5-8H,4,9-10H2,1-3H3,(H,16,17). The Kier molecular flexibility index (Phi) is 3.54. The van der Waals surface area contributed by atoms with Crippen molar-refractivity contribution in [2.45, 2.75) is 26.2 Å². The summed E-state index contributed by atoms with van der Waals surface area (Å²) in [5.74, 6) is -0.0370. The molecular formula is C15H20O4. The third kappa shape index (κ3) is 2.10. The molecule has 1 aromatic carbocycles. The van der Waals surface area contributed by atoms with E-state index in [0.29, 0.717) is 19.8 Å². The monoisotopic (exact) mass is 264 g/mol. The Morgan fingerprint density at radius 3 is 2.63 bits per heavy atom. The van der Waals surface area contributed by atoms with E-state index < -0.39 is 16.8 Å². The molecule has 1 heterocycles. The zero-order valence-corrected chi connectivity index (χ0v) is 11.6. The highest BCUT2D eigenvalue weighted by molar-refractivity contribution is 5.77. The molecule has 0 atom stereocenters. The summed E-state index contributed by atoms with van der Waals surface area (Å²) < 4.78 is 10.8. The van der Waals surface area contributed by atoms with Crippen LogP contribution in [0.4, 0.5) is 0 Å². The predicted molar refractivity (Wildman–Crippen MR) is 71.5 cm³/mol. The molecule has 0 radical (unpaired) electrons. The van der Waals surface area contributed by atoms with Gasteiger partial charge in [-0.1, -0.05) is 12.1 Å². The minimum atomic E-state index is -0.879. The third-order valence-corrected chi connectivity index (χ3v) is 4.13. The number of benzene rings is 1. The Bertz CT molecular complexity index is 475. The number of rotatable bonds is 5. The SMILES string of the molecule is CCOc1cccc(C2(C(C)(C)C(=O)O)COC2)c1. The summed E-state index contributed by atoms with van der Waals surface area (Å²) in [6.45, 7) is 6.89. The first-order chi connectivity index (χ1) is 8.94. The molecule has 1 aromatic rings. The summed E-state index contributed by atoms with van der Waals surface area (Å²) >= 11 is 0. The van der Waals surface area contributed by atoms with E-state index in [9.17, 15) is 9.90 Å². The van der Waals surface area contributed by atoms with Crippen LogP contribution in [0.3, 0.4) is 0 Å². The van der Waals surface area contributed by atoms with Crippen molar-refractivity contribution in [3.63, 3.8) is 0 Å². The molecule has 4 heteroatoms. The molecule has 1 aliphatic rings. The maximum Gasteiger partial charge on any atom is 0.310 e. The van der Waals surface area contributed by atoms with Crippen molar-refractivity contribution in [1.82, 2.24) is 0 Å². The van der Waals surface area contributed by atoms with Gasteiger partial charge in [-0.25, -0.2) is 0 Å². The van der Waals surface area contributed by atoms with Gasteiger partial charge in [-0.15, -0.1) is 0 Å². The van der Waals surface area contributed by atoms with E-state index in [4.69, 9.17) is 9.47 Å². The predicted octanol–water partition coefficient (Wildman–Crippen LogP) is 2.46. The lowest BCUT2D eigenvalue weighted by Crippen LogP contribution is -2.59. The zero-order chi connectivity index (χ0) is 14.1. The molecule has 2 rings (SSSR count). The minimum absolute atomic E-state index is 0.432. The molecule has 1 N–H and O–H groups in total. The van der Waals surface area contributed by atoms with Gasteiger partial charge in [0.2, 0.25) is 0 Å². The van der Waals surface area contributed by atoms with E-state index in [-0.39, 0.29) is 0 Å². The van der Waals surface area contributed by atoms with Gasteiger partial charge in [0.05, 0.1) is 30.7 Å². The van der Waals surface area contributed by atoms with Crippen LogP contribution in [0, 0.1) is 5.41 Å². The molecule has 0 aliphatic carbocycles. The lowest BCUT2D eigenvalue weighted by molar-refractivity contribution is -0.171. The van der Waals surface area contributed by atoms with Gasteiger partial charge in [-0.3, -0.25) is 4.79 Å². The van der Waals surface area contributed by atoms with Gasteiger partial charge in [0.25, 0.3) is 0 Å². The van der Waals surface area contributed by atoms with Gasteiger partial charge in [0.15, 0.2) is 0 Å². The summed E-state index contributed by atoms with van der Waals surface area (Å²) in [4.78, 5) is 11.6. The molecule has 0 unspecified atom stereocenters. The lowest BCUT2D eigenvalue weighted by atomic mass is 9.60. The number of carboxylic acids is 1. The second-order valence-electron chi connectivity index (χ2n) is 5.47. The van der Waals surface area contributed by atoms with Crippen LogP contribution < -0.4 is 4.74 Å². The molecule has 1 fully saturated rings. The molecule has 0 aromatic heterocycles. The second-order valence-corrected chi connectivity index (χ2v) is 5.47. The van der Waals surface area contributed by atoms with Gasteiger partial charge < -0.3 is 14.6 Å². The molecule has 1 saturated heterocycles. The second kappa shape index (κ2) is 4.85. The van der Waals surface area contributed by atoms with Crippen LogP contribution in [-0.4, -0.2) is 30.9 Å². The Morgan fingerprint density at radius 1 is 1.47 bits per heavy atom. The van der Waals surface area contributed by atoms with Crippen LogP contribution in [0.15, 0.2) is 24.3 Å². The van der Waals surface area contributed by atoms with Crippen molar-refractivity contribution < 1.29 is 19.4 Å². The normalized spacial score (nSPS) is 17.6. The first-order valence-electron chi connectivity index (χ1n) is 6.48. The van der Waals surface area contributed by atoms with E-state index in [0.717, 1.165) is 11.3 Å². The van der Waals surface area contributed by atoms with Gasteiger partial charge in [-0.05, 0) is 38.5 Å². The molecule has 104 valence electrons. The summed E-state index contributed by atoms with van der Waals surface area (Å²) in [5, 5.41) is 9.49. The van der Waals surface area contributed by atoms with Crippen molar-refractivity contribution >= 4 is 5.97 Å². The summed E-state index contributed by atoms with van der Waals surface area (Å²) in [7, 11) is 0. The average Bonchev–Trinajstić information content (AvgIpc) is 2.27. The van der Waals surface area contributed by atoms with Gasteiger partial charge >= 0.3 is 5.97 Å². The Labute approximate surface area is 113 Å². The number of ether oxygens (including phenoxy) is 2. The highest BCUT2D eigenvalue weighted by Crippen LogP contribution is 2.48. The highest BCUT2D eigenvalue weighted by Gasteiger charge is 2.56. The molecule has 4 nitrogen and oxygen atoms in total. The van der Waals surface area contributed by atoms with Gasteiger partial charge in [-0.2, -0.15) is 0 Å². The summed E-state index contributed by atoms with van der Waals surface area (Å²) in [6.07, 6.45) is 0. The Morgan fingerprint density at radius 2 is 2.16 bits per heavy atom. The molecule has 0 bridgehead atoms. The van der Waals surface area contributed by atoms with E-state index in [1.165, 1.54) is 0 Å². The summed E-state index contributed by atoms with van der Waals surface area (Å²) in [5.41, 5.74) is -0.390. The fourth-order valence-corrected chi connectivity index (χ4v) is 2.45. The van der Waals surface area contributed by atoms with Crippen molar-refractivity contribution in [3.8, 4) is 5.75 Å². The first-order valence-corrected chi connectivity index (χ1v) is 6.48. The van der Waals surface area contributed by atoms with E-state index >= 15 is 0 Å². The van der Waals surface area contributed by atoms with Crippen LogP contribution in [0.2, 0.25) is 0 Å². The van der Waals surface area contributed by atoms with Crippen LogP contribution in [0.1, 0.15) is 26.3 Å². The lowest BCUT2D eigenvalue weighted by Gasteiger charge is -2.50. The average molecular weight is 264 g/mol. The van der Waals surface area contributed by atoms with Gasteiger partial charge in [0, 0.05) is 0 Å². The van der Waals surface area contributed by atoms with E-state index in [1.807, 2.05) is 31.2 Å². The third-order valence-electron chi connectivity index (χ3n) is 4.13. The quantitative estimate of drug-likeness (QED) is 0.887. The maximum atomic E-state index is 11.6. The topological polar surface area (TPSA) is 55.8 Å². The zero-order valence-electron chi connectivity index (χ0n) is 11.6. The van der Waals surface area contributed by atoms with Crippen molar-refractivity contribution in [1.29, 1.82) is 0 Å². The molecular weight excluding hydrogens is 244 g/mol. The van der Waals surface area contributed by atoms with Gasteiger partial charge in [0.1, 0.15) is 5.75 Å². The first kappa shape index (κ1) is 13.9. The van der Waals surface area contributed by atoms with Crippen molar-refractivity contribution in [3.05, 3.63) is 29.8 Å². The summed E-state index contributed by atoms with van der Waals surface area (Å²) in [6, 6.07) is 7.67. The number of carboxylic acid groups (broad SMARTS) is 1. The van der Waals surface area contributed by atoms with Crippen LogP contribution in [-0.2, 0) is 14.9 Å². The Hall–Kier alpha value is -1.55. The Balaban J connectivity index is 2.42. The fourth-order valence-electron chi connectivity index (χ4n) is 2.45. The molecule has 0 amide bonds. The number of aliphatic carboxylic acids is 1. The molecule has 0 saturated carbocycles. The maximum absolute atomic E-state index is 11.6. The number of hydrogen-bond acceptors (Lipinski definition) is 3. The number of carbonyl (C=O) groups is 1. The van der Waals surface area contributed by atoms with Crippen LogP contribution >= 0.6 is 0 Å². The minimum Gasteiger partial charge on any atom is -0.494 e. The largest absolute Gasteiger partial charge is 0.494 e.